The molecule has 1 aliphatic carbocycles. The standard InChI is InChI=1S/C13H16O/c1-9-4-3-5-12(10(9)2)13(14)8-11-6-7-11/h3-5,11H,6-8H2,1-2H3. The Morgan fingerprint density at radius 3 is 2.71 bits per heavy atom. The maximum Gasteiger partial charge on any atom is 0.163 e. The van der Waals surface area contributed by atoms with Crippen molar-refractivity contribution in [1.82, 2.24) is 0 Å². The first-order valence-corrected chi connectivity index (χ1v) is 5.28. The van der Waals surface area contributed by atoms with E-state index >= 15 is 0 Å². The van der Waals surface area contributed by atoms with Crippen LogP contribution in [0.3, 0.4) is 0 Å². The molecule has 74 valence electrons. The summed E-state index contributed by atoms with van der Waals surface area (Å²) < 4.78 is 0. The van der Waals surface area contributed by atoms with E-state index in [0.717, 1.165) is 17.5 Å². The Bertz CT molecular complexity index is 361. The topological polar surface area (TPSA) is 17.1 Å². The SMILES string of the molecule is Cc1cccc(C(=O)CC2CC2)c1C. The molecular formula is C13H16O. The summed E-state index contributed by atoms with van der Waals surface area (Å²) in [6.45, 7) is 4.10. The minimum absolute atomic E-state index is 0.328. The van der Waals surface area contributed by atoms with Crippen LogP contribution in [0.5, 0.6) is 0 Å². The lowest BCUT2D eigenvalue weighted by atomic mass is 9.97. The van der Waals surface area contributed by atoms with E-state index in [1.165, 1.54) is 18.4 Å². The van der Waals surface area contributed by atoms with E-state index in [2.05, 4.69) is 13.0 Å². The summed E-state index contributed by atoms with van der Waals surface area (Å²) in [6, 6.07) is 5.98. The molecule has 1 heteroatoms. The molecule has 1 aliphatic rings. The Morgan fingerprint density at radius 2 is 2.07 bits per heavy atom. The van der Waals surface area contributed by atoms with Crippen molar-refractivity contribution in [2.24, 2.45) is 5.92 Å². The molecule has 0 aromatic heterocycles. The molecule has 0 N–H and O–H groups in total. The van der Waals surface area contributed by atoms with Gasteiger partial charge in [0.2, 0.25) is 0 Å². The lowest BCUT2D eigenvalue weighted by molar-refractivity contribution is 0.0975. The van der Waals surface area contributed by atoms with Crippen molar-refractivity contribution in [3.8, 4) is 0 Å². The summed E-state index contributed by atoms with van der Waals surface area (Å²) in [7, 11) is 0. The van der Waals surface area contributed by atoms with Crippen LogP contribution in [0.15, 0.2) is 18.2 Å². The number of hydrogen-bond acceptors (Lipinski definition) is 1. The molecule has 1 aromatic rings. The quantitative estimate of drug-likeness (QED) is 0.665. The molecule has 14 heavy (non-hydrogen) atoms. The molecule has 0 spiro atoms. The fourth-order valence-corrected chi connectivity index (χ4v) is 1.75. The molecule has 1 aromatic carbocycles. The molecule has 0 radical (unpaired) electrons. The van der Waals surface area contributed by atoms with Crippen molar-refractivity contribution in [1.29, 1.82) is 0 Å². The average Bonchev–Trinajstić information content (AvgIpc) is 2.93. The number of ketones is 1. The summed E-state index contributed by atoms with van der Waals surface area (Å²) >= 11 is 0. The van der Waals surface area contributed by atoms with Gasteiger partial charge in [0.05, 0.1) is 0 Å². The van der Waals surface area contributed by atoms with Crippen LogP contribution in [-0.4, -0.2) is 5.78 Å². The van der Waals surface area contributed by atoms with Crippen LogP contribution < -0.4 is 0 Å². The molecule has 0 aliphatic heterocycles. The zero-order valence-corrected chi connectivity index (χ0v) is 8.84. The fourth-order valence-electron chi connectivity index (χ4n) is 1.75. The molecule has 0 bridgehead atoms. The number of benzene rings is 1. The van der Waals surface area contributed by atoms with Gasteiger partial charge in [0.1, 0.15) is 0 Å². The number of carbonyl (C=O) groups excluding carboxylic acids is 1. The fraction of sp³-hybridized carbons (Fsp3) is 0.462. The van der Waals surface area contributed by atoms with Crippen LogP contribution in [0.25, 0.3) is 0 Å². The molecule has 0 amide bonds. The smallest absolute Gasteiger partial charge is 0.163 e. The molecule has 0 atom stereocenters. The van der Waals surface area contributed by atoms with Gasteiger partial charge in [0.15, 0.2) is 5.78 Å². The molecule has 1 nitrogen and oxygen atoms in total. The molecule has 0 heterocycles. The summed E-state index contributed by atoms with van der Waals surface area (Å²) in [4.78, 5) is 11.9. The molecule has 0 saturated heterocycles. The number of hydrogen-bond donors (Lipinski definition) is 0. The minimum atomic E-state index is 0.328. The average molecular weight is 188 g/mol. The lowest BCUT2D eigenvalue weighted by Crippen LogP contribution is -2.03. The number of rotatable bonds is 3. The zero-order valence-electron chi connectivity index (χ0n) is 8.84. The maximum atomic E-state index is 11.9. The number of carbonyl (C=O) groups is 1. The van der Waals surface area contributed by atoms with Gasteiger partial charge in [-0.25, -0.2) is 0 Å². The van der Waals surface area contributed by atoms with Gasteiger partial charge in [0, 0.05) is 12.0 Å². The van der Waals surface area contributed by atoms with Gasteiger partial charge in [-0.05, 0) is 43.7 Å². The van der Waals surface area contributed by atoms with E-state index in [0.29, 0.717) is 11.7 Å². The van der Waals surface area contributed by atoms with Crippen molar-refractivity contribution in [3.63, 3.8) is 0 Å². The minimum Gasteiger partial charge on any atom is -0.294 e. The summed E-state index contributed by atoms with van der Waals surface area (Å²) in [5.41, 5.74) is 3.29. The second kappa shape index (κ2) is 3.56. The van der Waals surface area contributed by atoms with Crippen LogP contribution in [0, 0.1) is 19.8 Å². The van der Waals surface area contributed by atoms with E-state index < -0.39 is 0 Å². The first-order chi connectivity index (χ1) is 6.68. The maximum absolute atomic E-state index is 11.9. The van der Waals surface area contributed by atoms with Crippen molar-refractivity contribution < 1.29 is 4.79 Å². The molecular weight excluding hydrogens is 172 g/mol. The Kier molecular flexibility index (Phi) is 2.40. The third-order valence-corrected chi connectivity index (χ3v) is 3.08. The van der Waals surface area contributed by atoms with Crippen molar-refractivity contribution in [3.05, 3.63) is 34.9 Å². The van der Waals surface area contributed by atoms with E-state index in [1.807, 2.05) is 19.1 Å². The third kappa shape index (κ3) is 1.87. The number of aryl methyl sites for hydroxylation is 1. The van der Waals surface area contributed by atoms with Gasteiger partial charge >= 0.3 is 0 Å². The van der Waals surface area contributed by atoms with Gasteiger partial charge in [-0.2, -0.15) is 0 Å². The first-order valence-electron chi connectivity index (χ1n) is 5.28. The summed E-state index contributed by atoms with van der Waals surface area (Å²) in [5.74, 6) is 1.01. The normalized spacial score (nSPS) is 15.6. The van der Waals surface area contributed by atoms with Gasteiger partial charge in [0.25, 0.3) is 0 Å². The van der Waals surface area contributed by atoms with Crippen LogP contribution in [0.2, 0.25) is 0 Å². The Balaban J connectivity index is 2.21. The van der Waals surface area contributed by atoms with E-state index in [9.17, 15) is 4.79 Å². The first kappa shape index (κ1) is 9.45. The molecule has 1 saturated carbocycles. The third-order valence-electron chi connectivity index (χ3n) is 3.08. The highest BCUT2D eigenvalue weighted by Crippen LogP contribution is 2.33. The van der Waals surface area contributed by atoms with Crippen LogP contribution in [-0.2, 0) is 0 Å². The predicted molar refractivity (Wildman–Crippen MR) is 57.6 cm³/mol. The van der Waals surface area contributed by atoms with Crippen LogP contribution in [0.4, 0.5) is 0 Å². The summed E-state index contributed by atoms with van der Waals surface area (Å²) in [6.07, 6.45) is 3.25. The second-order valence-electron chi connectivity index (χ2n) is 4.32. The molecule has 1 fully saturated rings. The predicted octanol–water partition coefficient (Wildman–Crippen LogP) is 3.29. The van der Waals surface area contributed by atoms with Crippen LogP contribution >= 0.6 is 0 Å². The van der Waals surface area contributed by atoms with Gasteiger partial charge < -0.3 is 0 Å². The number of Topliss-reactive ketones (excluding diaryl/α,β-unsaturated/α-hetero) is 1. The molecule has 2 rings (SSSR count). The molecule has 0 unspecified atom stereocenters. The van der Waals surface area contributed by atoms with E-state index in [-0.39, 0.29) is 0 Å². The van der Waals surface area contributed by atoms with Crippen LogP contribution in [0.1, 0.15) is 40.7 Å². The Labute approximate surface area is 85.1 Å². The van der Waals surface area contributed by atoms with E-state index in [4.69, 9.17) is 0 Å². The van der Waals surface area contributed by atoms with E-state index in [1.54, 1.807) is 0 Å². The van der Waals surface area contributed by atoms with Gasteiger partial charge in [-0.3, -0.25) is 4.79 Å². The van der Waals surface area contributed by atoms with Crippen molar-refractivity contribution >= 4 is 5.78 Å². The van der Waals surface area contributed by atoms with Crippen molar-refractivity contribution in [2.75, 3.05) is 0 Å². The zero-order chi connectivity index (χ0) is 10.1. The Morgan fingerprint density at radius 1 is 1.36 bits per heavy atom. The second-order valence-corrected chi connectivity index (χ2v) is 4.32. The van der Waals surface area contributed by atoms with Gasteiger partial charge in [-0.15, -0.1) is 0 Å². The highest BCUT2D eigenvalue weighted by molar-refractivity contribution is 5.97. The lowest BCUT2D eigenvalue weighted by Gasteiger charge is -2.06. The monoisotopic (exact) mass is 188 g/mol. The largest absolute Gasteiger partial charge is 0.294 e. The van der Waals surface area contributed by atoms with Crippen molar-refractivity contribution in [2.45, 2.75) is 33.1 Å². The van der Waals surface area contributed by atoms with Gasteiger partial charge in [-0.1, -0.05) is 18.2 Å². The highest BCUT2D eigenvalue weighted by atomic mass is 16.1. The summed E-state index contributed by atoms with van der Waals surface area (Å²) in [5, 5.41) is 0. The Hall–Kier alpha value is -1.11. The highest BCUT2D eigenvalue weighted by Gasteiger charge is 2.25.